The van der Waals surface area contributed by atoms with Gasteiger partial charge in [0.05, 0.1) is 0 Å². The summed E-state index contributed by atoms with van der Waals surface area (Å²) in [4.78, 5) is 0. The van der Waals surface area contributed by atoms with E-state index in [0.29, 0.717) is 0 Å². The first-order valence-corrected chi connectivity index (χ1v) is 9.59. The Hall–Kier alpha value is -1.95. The third kappa shape index (κ3) is 4.07. The second-order valence-corrected chi connectivity index (χ2v) is 8.15. The first-order chi connectivity index (χ1) is 11.1. The van der Waals surface area contributed by atoms with Crippen molar-refractivity contribution in [3.8, 4) is 0 Å². The zero-order valence-corrected chi connectivity index (χ0v) is 15.8. The van der Waals surface area contributed by atoms with Crippen molar-refractivity contribution in [1.82, 2.24) is 4.57 Å². The van der Waals surface area contributed by atoms with Crippen molar-refractivity contribution in [2.45, 2.75) is 6.92 Å². The Morgan fingerprint density at radius 3 is 2.09 bits per heavy atom. The van der Waals surface area contributed by atoms with Gasteiger partial charge in [0, 0.05) is 0 Å². The van der Waals surface area contributed by atoms with E-state index in [1.165, 1.54) is 20.5 Å². The van der Waals surface area contributed by atoms with Crippen LogP contribution in [0.3, 0.4) is 0 Å². The standard InChI is InChI=1S/C19H21IN3/c1-16-4-6-17(7-5-16)8-9-18-10-12-23(13-11-18)20-19-21(2)14-15-22(19)3/h4-15H,1-3H3/q+1/b9-8+. The molecule has 3 nitrogen and oxygen atoms in total. The van der Waals surface area contributed by atoms with Crippen molar-refractivity contribution < 1.29 is 28.8 Å². The maximum atomic E-state index is 2.30. The number of halogens is 1. The molecule has 0 saturated heterocycles. The summed E-state index contributed by atoms with van der Waals surface area (Å²) in [6.45, 7) is 2.11. The maximum absolute atomic E-state index is 2.30. The number of nitrogens with zero attached hydrogens (tertiary/aromatic N) is 3. The Bertz CT molecular complexity index is 795. The van der Waals surface area contributed by atoms with Crippen LogP contribution in [0, 0.1) is 10.8 Å². The molecule has 2 aromatic heterocycles. The Morgan fingerprint density at radius 1 is 0.913 bits per heavy atom. The van der Waals surface area contributed by atoms with Crippen LogP contribution >= 0.6 is 0 Å². The van der Waals surface area contributed by atoms with Crippen LogP contribution < -0.4 is 28.8 Å². The van der Waals surface area contributed by atoms with Crippen molar-refractivity contribution in [3.05, 3.63) is 81.7 Å². The van der Waals surface area contributed by atoms with E-state index in [2.05, 4.69) is 106 Å². The molecular weight excluding hydrogens is 397 g/mol. The number of hydrogen-bond acceptors (Lipinski definition) is 0. The van der Waals surface area contributed by atoms with Gasteiger partial charge in [-0.05, 0) is 0 Å². The molecular formula is C19H21IN3+. The van der Waals surface area contributed by atoms with E-state index in [1.807, 2.05) is 0 Å². The van der Waals surface area contributed by atoms with Gasteiger partial charge in [-0.3, -0.25) is 0 Å². The Labute approximate surface area is 148 Å². The predicted molar refractivity (Wildman–Crippen MR) is 87.4 cm³/mol. The van der Waals surface area contributed by atoms with Crippen LogP contribution in [0.15, 0.2) is 61.2 Å². The van der Waals surface area contributed by atoms with Crippen LogP contribution in [0.1, 0.15) is 16.7 Å². The molecule has 0 bridgehead atoms. The van der Waals surface area contributed by atoms with E-state index >= 15 is 0 Å². The predicted octanol–water partition coefficient (Wildman–Crippen LogP) is -0.662. The second kappa shape index (κ2) is 7.08. The fourth-order valence-corrected chi connectivity index (χ4v) is 4.38. The molecule has 118 valence electrons. The number of rotatable bonds is 4. The number of aromatic nitrogens is 3. The van der Waals surface area contributed by atoms with Gasteiger partial charge in [0.15, 0.2) is 0 Å². The number of imidazole rings is 1. The van der Waals surface area contributed by atoms with Crippen molar-refractivity contribution in [2.24, 2.45) is 14.1 Å². The molecule has 0 unspecified atom stereocenters. The van der Waals surface area contributed by atoms with Crippen molar-refractivity contribution in [1.29, 1.82) is 0 Å². The van der Waals surface area contributed by atoms with E-state index in [9.17, 15) is 0 Å². The van der Waals surface area contributed by atoms with Gasteiger partial charge < -0.3 is 0 Å². The van der Waals surface area contributed by atoms with Crippen LogP contribution in [-0.2, 0) is 14.1 Å². The minimum atomic E-state index is -0.230. The molecule has 0 fully saturated rings. The fourth-order valence-electron chi connectivity index (χ4n) is 2.24. The summed E-state index contributed by atoms with van der Waals surface area (Å²) in [5.74, 6) is 0. The number of hydrogen-bond donors (Lipinski definition) is 0. The molecule has 0 spiro atoms. The van der Waals surface area contributed by atoms with Crippen LogP contribution in [0.2, 0.25) is 0 Å². The van der Waals surface area contributed by atoms with E-state index in [-0.39, 0.29) is 21.5 Å². The molecule has 0 atom stereocenters. The van der Waals surface area contributed by atoms with Gasteiger partial charge in [0.1, 0.15) is 0 Å². The molecule has 23 heavy (non-hydrogen) atoms. The van der Waals surface area contributed by atoms with Gasteiger partial charge in [-0.1, -0.05) is 0 Å². The minimum absolute atomic E-state index is 0.230. The average molecular weight is 418 g/mol. The third-order valence-corrected chi connectivity index (χ3v) is 6.79. The molecule has 4 heteroatoms. The molecule has 3 aromatic rings. The van der Waals surface area contributed by atoms with Crippen LogP contribution in [0.4, 0.5) is 0 Å². The normalized spacial score (nSPS) is 11.4. The van der Waals surface area contributed by atoms with Crippen molar-refractivity contribution in [3.63, 3.8) is 0 Å². The van der Waals surface area contributed by atoms with Gasteiger partial charge in [0.2, 0.25) is 0 Å². The summed E-state index contributed by atoms with van der Waals surface area (Å²) < 4.78 is 8.07. The molecule has 0 aliphatic carbocycles. The second-order valence-electron chi connectivity index (χ2n) is 5.59. The molecule has 0 aliphatic heterocycles. The zero-order valence-electron chi connectivity index (χ0n) is 13.6. The van der Waals surface area contributed by atoms with Gasteiger partial charge in [-0.15, -0.1) is 0 Å². The average Bonchev–Trinajstić information content (AvgIpc) is 2.88. The van der Waals surface area contributed by atoms with Gasteiger partial charge in [-0.2, -0.15) is 0 Å². The summed E-state index contributed by atoms with van der Waals surface area (Å²) in [7, 11) is 4.21. The van der Waals surface area contributed by atoms with E-state index in [1.54, 1.807) is 0 Å². The molecule has 0 aliphatic rings. The molecule has 0 saturated carbocycles. The van der Waals surface area contributed by atoms with Crippen LogP contribution in [0.5, 0.6) is 0 Å². The Morgan fingerprint density at radius 2 is 1.52 bits per heavy atom. The van der Waals surface area contributed by atoms with Crippen molar-refractivity contribution >= 4 is 12.2 Å². The molecule has 2 heterocycles. The molecule has 1 aromatic carbocycles. The van der Waals surface area contributed by atoms with E-state index in [4.69, 9.17) is 0 Å². The molecule has 3 rings (SSSR count). The third-order valence-electron chi connectivity index (χ3n) is 3.63. The first kappa shape index (κ1) is 15.9. The Kier molecular flexibility index (Phi) is 4.91. The first-order valence-electron chi connectivity index (χ1n) is 7.54. The van der Waals surface area contributed by atoms with Gasteiger partial charge >= 0.3 is 148 Å². The summed E-state index contributed by atoms with van der Waals surface area (Å²) >= 11 is -0.230. The number of benzene rings is 1. The van der Waals surface area contributed by atoms with E-state index < -0.39 is 0 Å². The topological polar surface area (TPSA) is 12.7 Å². The summed E-state index contributed by atoms with van der Waals surface area (Å²) in [5, 5.41) is 0. The van der Waals surface area contributed by atoms with E-state index in [0.717, 1.165) is 0 Å². The summed E-state index contributed by atoms with van der Waals surface area (Å²) in [5.41, 5.74) is 3.75. The summed E-state index contributed by atoms with van der Waals surface area (Å²) in [6, 6.07) is 12.9. The Balaban J connectivity index is 1.71. The molecule has 0 amide bonds. The molecule has 0 N–H and O–H groups in total. The molecule has 0 radical (unpaired) electrons. The van der Waals surface area contributed by atoms with Crippen LogP contribution in [-0.4, -0.2) is 4.57 Å². The quantitative estimate of drug-likeness (QED) is 0.394. The van der Waals surface area contributed by atoms with Gasteiger partial charge in [0.25, 0.3) is 0 Å². The zero-order chi connectivity index (χ0) is 16.2. The fraction of sp³-hybridized carbons (Fsp3) is 0.158. The van der Waals surface area contributed by atoms with Crippen molar-refractivity contribution in [2.75, 3.05) is 0 Å². The number of aryl methyl sites for hydroxylation is 3. The SMILES string of the molecule is Cc1ccc(/C=C/c2cc[n+]([I-]c3n(C)cc[n+]3C)cc2)cc1. The monoisotopic (exact) mass is 418 g/mol. The summed E-state index contributed by atoms with van der Waals surface area (Å²) in [6.07, 6.45) is 12.9. The number of pyridine rings is 1. The van der Waals surface area contributed by atoms with Crippen LogP contribution in [0.25, 0.3) is 12.2 Å². The van der Waals surface area contributed by atoms with Gasteiger partial charge in [-0.25, -0.2) is 0 Å².